The molecule has 142 valence electrons. The number of aromatic nitrogens is 2. The molecular formula is C19H28N4O3. The number of methoxy groups -OCH3 is 3. The molecule has 26 heavy (non-hydrogen) atoms. The molecule has 1 heterocycles. The van der Waals surface area contributed by atoms with Crippen molar-refractivity contribution in [1.82, 2.24) is 9.97 Å². The summed E-state index contributed by atoms with van der Waals surface area (Å²) in [4.78, 5) is 8.89. The summed E-state index contributed by atoms with van der Waals surface area (Å²) in [6.07, 6.45) is 1.08. The van der Waals surface area contributed by atoms with E-state index in [1.54, 1.807) is 21.3 Å². The van der Waals surface area contributed by atoms with Gasteiger partial charge in [0.2, 0.25) is 5.75 Å². The van der Waals surface area contributed by atoms with Gasteiger partial charge in [0, 0.05) is 30.4 Å². The van der Waals surface area contributed by atoms with Crippen molar-refractivity contribution in [2.75, 3.05) is 38.5 Å². The highest BCUT2D eigenvalue weighted by Crippen LogP contribution is 2.40. The van der Waals surface area contributed by atoms with Crippen molar-refractivity contribution in [3.05, 3.63) is 24.0 Å². The summed E-state index contributed by atoms with van der Waals surface area (Å²) < 4.78 is 16.1. The molecule has 7 nitrogen and oxygen atoms in total. The molecule has 2 N–H and O–H groups in total. The van der Waals surface area contributed by atoms with Crippen LogP contribution < -0.4 is 24.8 Å². The van der Waals surface area contributed by atoms with Crippen LogP contribution in [0.5, 0.6) is 17.2 Å². The lowest BCUT2D eigenvalue weighted by Crippen LogP contribution is -2.08. The van der Waals surface area contributed by atoms with Crippen molar-refractivity contribution >= 4 is 17.3 Å². The lowest BCUT2D eigenvalue weighted by atomic mass is 10.1. The minimum atomic E-state index is 0.551. The fourth-order valence-corrected chi connectivity index (χ4v) is 2.51. The van der Waals surface area contributed by atoms with Gasteiger partial charge in [-0.05, 0) is 19.3 Å². The predicted molar refractivity (Wildman–Crippen MR) is 104 cm³/mol. The fraction of sp³-hybridized carbons (Fsp3) is 0.474. The van der Waals surface area contributed by atoms with E-state index in [9.17, 15) is 0 Å². The molecule has 0 amide bonds. The van der Waals surface area contributed by atoms with Crippen molar-refractivity contribution in [1.29, 1.82) is 0 Å². The third-order valence-corrected chi connectivity index (χ3v) is 3.80. The summed E-state index contributed by atoms with van der Waals surface area (Å²) in [7, 11) is 4.76. The zero-order valence-corrected chi connectivity index (χ0v) is 16.3. The monoisotopic (exact) mass is 360 g/mol. The van der Waals surface area contributed by atoms with Crippen LogP contribution in [0, 0.1) is 12.8 Å². The van der Waals surface area contributed by atoms with Gasteiger partial charge in [-0.1, -0.05) is 13.8 Å². The van der Waals surface area contributed by atoms with Gasteiger partial charge in [0.15, 0.2) is 11.5 Å². The number of rotatable bonds is 9. The van der Waals surface area contributed by atoms with E-state index in [1.165, 1.54) is 0 Å². The Kier molecular flexibility index (Phi) is 6.89. The molecule has 0 aliphatic rings. The van der Waals surface area contributed by atoms with E-state index >= 15 is 0 Å². The Hall–Kier alpha value is -2.70. The van der Waals surface area contributed by atoms with Crippen LogP contribution >= 0.6 is 0 Å². The van der Waals surface area contributed by atoms with Crippen LogP contribution in [0.15, 0.2) is 18.2 Å². The Morgan fingerprint density at radius 2 is 1.54 bits per heavy atom. The minimum absolute atomic E-state index is 0.551. The third kappa shape index (κ3) is 5.15. The van der Waals surface area contributed by atoms with Crippen LogP contribution in [0.4, 0.5) is 17.3 Å². The molecule has 0 bridgehead atoms. The van der Waals surface area contributed by atoms with Gasteiger partial charge in [-0.3, -0.25) is 0 Å². The van der Waals surface area contributed by atoms with Gasteiger partial charge >= 0.3 is 0 Å². The predicted octanol–water partition coefficient (Wildman–Crippen LogP) is 4.01. The van der Waals surface area contributed by atoms with E-state index in [0.29, 0.717) is 34.8 Å². The normalized spacial score (nSPS) is 10.6. The van der Waals surface area contributed by atoms with Crippen molar-refractivity contribution < 1.29 is 14.2 Å². The molecule has 0 saturated heterocycles. The van der Waals surface area contributed by atoms with Crippen molar-refractivity contribution in [3.8, 4) is 17.2 Å². The maximum absolute atomic E-state index is 5.39. The first-order chi connectivity index (χ1) is 12.5. The van der Waals surface area contributed by atoms with Crippen LogP contribution in [0.25, 0.3) is 0 Å². The fourth-order valence-electron chi connectivity index (χ4n) is 2.51. The summed E-state index contributed by atoms with van der Waals surface area (Å²) >= 11 is 0. The van der Waals surface area contributed by atoms with Gasteiger partial charge in [0.1, 0.15) is 17.5 Å². The molecular weight excluding hydrogens is 332 g/mol. The topological polar surface area (TPSA) is 77.5 Å². The lowest BCUT2D eigenvalue weighted by Gasteiger charge is -2.15. The molecule has 0 fully saturated rings. The molecule has 0 spiro atoms. The zero-order valence-electron chi connectivity index (χ0n) is 16.3. The average Bonchev–Trinajstić information content (AvgIpc) is 2.60. The second kappa shape index (κ2) is 9.12. The van der Waals surface area contributed by atoms with Crippen LogP contribution in [-0.4, -0.2) is 37.8 Å². The van der Waals surface area contributed by atoms with Gasteiger partial charge in [-0.2, -0.15) is 0 Å². The highest BCUT2D eigenvalue weighted by Gasteiger charge is 2.14. The quantitative estimate of drug-likeness (QED) is 0.699. The molecule has 1 aromatic heterocycles. The molecule has 0 saturated carbocycles. The summed E-state index contributed by atoms with van der Waals surface area (Å²) in [5, 5.41) is 6.62. The van der Waals surface area contributed by atoms with Gasteiger partial charge in [-0.25, -0.2) is 9.97 Å². The maximum atomic E-state index is 5.39. The number of nitrogens with zero attached hydrogens (tertiary/aromatic N) is 2. The highest BCUT2D eigenvalue weighted by molar-refractivity contribution is 5.67. The SMILES string of the molecule is COc1cc(Nc2cc(NCCC(C)C)nc(C)n2)cc(OC)c1OC. The van der Waals surface area contributed by atoms with E-state index in [2.05, 4.69) is 34.4 Å². The number of ether oxygens (including phenoxy) is 3. The number of anilines is 3. The van der Waals surface area contributed by atoms with Gasteiger partial charge in [0.25, 0.3) is 0 Å². The number of hydrogen-bond donors (Lipinski definition) is 2. The summed E-state index contributed by atoms with van der Waals surface area (Å²) in [5.41, 5.74) is 0.783. The van der Waals surface area contributed by atoms with Crippen LogP contribution in [0.3, 0.4) is 0 Å². The van der Waals surface area contributed by atoms with E-state index in [4.69, 9.17) is 14.2 Å². The zero-order chi connectivity index (χ0) is 19.1. The standard InChI is InChI=1S/C19H28N4O3/c1-12(2)7-8-20-17-11-18(22-13(3)21-17)23-14-9-15(24-4)19(26-6)16(10-14)25-5/h9-12H,7-8H2,1-6H3,(H2,20,21,22,23). The Morgan fingerprint density at radius 3 is 2.08 bits per heavy atom. The molecule has 0 atom stereocenters. The number of benzene rings is 1. The second-order valence-electron chi connectivity index (χ2n) is 6.33. The number of nitrogens with one attached hydrogen (secondary N) is 2. The molecule has 0 aliphatic carbocycles. The first kappa shape index (κ1) is 19.6. The average molecular weight is 360 g/mol. The van der Waals surface area contributed by atoms with Crippen molar-refractivity contribution in [2.45, 2.75) is 27.2 Å². The second-order valence-corrected chi connectivity index (χ2v) is 6.33. The Morgan fingerprint density at radius 1 is 0.923 bits per heavy atom. The third-order valence-electron chi connectivity index (χ3n) is 3.80. The van der Waals surface area contributed by atoms with Crippen LogP contribution in [0.1, 0.15) is 26.1 Å². The Bertz CT molecular complexity index is 710. The molecule has 0 unspecified atom stereocenters. The molecule has 2 aromatic rings. The maximum Gasteiger partial charge on any atom is 0.203 e. The summed E-state index contributed by atoms with van der Waals surface area (Å²) in [6, 6.07) is 5.56. The molecule has 7 heteroatoms. The summed E-state index contributed by atoms with van der Waals surface area (Å²) in [6.45, 7) is 7.14. The Labute approximate surface area is 155 Å². The summed E-state index contributed by atoms with van der Waals surface area (Å²) in [5.74, 6) is 4.53. The smallest absolute Gasteiger partial charge is 0.203 e. The van der Waals surface area contributed by atoms with E-state index in [1.807, 2.05) is 25.1 Å². The molecule has 0 radical (unpaired) electrons. The van der Waals surface area contributed by atoms with Crippen molar-refractivity contribution in [3.63, 3.8) is 0 Å². The van der Waals surface area contributed by atoms with E-state index in [0.717, 1.165) is 24.5 Å². The first-order valence-electron chi connectivity index (χ1n) is 8.63. The van der Waals surface area contributed by atoms with Gasteiger partial charge < -0.3 is 24.8 Å². The molecule has 1 aromatic carbocycles. The van der Waals surface area contributed by atoms with Gasteiger partial charge in [0.05, 0.1) is 21.3 Å². The first-order valence-corrected chi connectivity index (χ1v) is 8.63. The largest absolute Gasteiger partial charge is 0.493 e. The van der Waals surface area contributed by atoms with E-state index < -0.39 is 0 Å². The molecule has 2 rings (SSSR count). The van der Waals surface area contributed by atoms with Crippen LogP contribution in [-0.2, 0) is 0 Å². The number of hydrogen-bond acceptors (Lipinski definition) is 7. The minimum Gasteiger partial charge on any atom is -0.493 e. The van der Waals surface area contributed by atoms with Gasteiger partial charge in [-0.15, -0.1) is 0 Å². The van der Waals surface area contributed by atoms with Crippen molar-refractivity contribution in [2.24, 2.45) is 5.92 Å². The van der Waals surface area contributed by atoms with Crippen LogP contribution in [0.2, 0.25) is 0 Å². The molecule has 0 aliphatic heterocycles. The van der Waals surface area contributed by atoms with E-state index in [-0.39, 0.29) is 0 Å². The highest BCUT2D eigenvalue weighted by atomic mass is 16.5. The number of aryl methyl sites for hydroxylation is 1. The Balaban J connectivity index is 2.23. The lowest BCUT2D eigenvalue weighted by molar-refractivity contribution is 0.324.